The first-order valence-corrected chi connectivity index (χ1v) is 4.59. The molecule has 0 aromatic carbocycles. The van der Waals surface area contributed by atoms with Crippen LogP contribution in [0.3, 0.4) is 0 Å². The molecule has 1 fully saturated rings. The monoisotopic (exact) mass is 204 g/mol. The fourth-order valence-corrected chi connectivity index (χ4v) is 1.71. The molecule has 5 heteroatoms. The van der Waals surface area contributed by atoms with Crippen molar-refractivity contribution < 1.29 is 13.2 Å². The van der Waals surface area contributed by atoms with Crippen molar-refractivity contribution in [3.63, 3.8) is 0 Å². The molecular weight excluding hydrogens is 193 g/mol. The van der Waals surface area contributed by atoms with E-state index >= 15 is 0 Å². The highest BCUT2D eigenvalue weighted by molar-refractivity contribution is 5.18. The van der Waals surface area contributed by atoms with E-state index in [0.717, 1.165) is 19.3 Å². The summed E-state index contributed by atoms with van der Waals surface area (Å²) in [5, 5.41) is 3.48. The van der Waals surface area contributed by atoms with Crippen molar-refractivity contribution in [2.24, 2.45) is 7.05 Å². The predicted octanol–water partition coefficient (Wildman–Crippen LogP) is 2.71. The molecule has 1 aromatic rings. The fraction of sp³-hybridized carbons (Fsp3) is 0.667. The summed E-state index contributed by atoms with van der Waals surface area (Å²) in [4.78, 5) is 0. The van der Waals surface area contributed by atoms with Crippen LogP contribution in [0.15, 0.2) is 6.07 Å². The van der Waals surface area contributed by atoms with Gasteiger partial charge in [0.25, 0.3) is 0 Å². The molecule has 1 aliphatic carbocycles. The van der Waals surface area contributed by atoms with Crippen LogP contribution in [0.2, 0.25) is 0 Å². The third-order valence-corrected chi connectivity index (χ3v) is 2.73. The van der Waals surface area contributed by atoms with Gasteiger partial charge >= 0.3 is 6.18 Å². The van der Waals surface area contributed by atoms with Gasteiger partial charge in [-0.2, -0.15) is 18.3 Å². The van der Waals surface area contributed by atoms with Gasteiger partial charge in [0, 0.05) is 18.7 Å². The maximum Gasteiger partial charge on any atom is 0.435 e. The minimum absolute atomic E-state index is 0.281. The third kappa shape index (κ3) is 1.51. The van der Waals surface area contributed by atoms with Gasteiger partial charge in [-0.05, 0) is 18.9 Å². The zero-order valence-electron chi connectivity index (χ0n) is 7.80. The van der Waals surface area contributed by atoms with Gasteiger partial charge < -0.3 is 0 Å². The second kappa shape index (κ2) is 3.00. The Bertz CT molecular complexity index is 336. The highest BCUT2D eigenvalue weighted by atomic mass is 19.4. The second-order valence-electron chi connectivity index (χ2n) is 3.70. The molecule has 0 saturated heterocycles. The summed E-state index contributed by atoms with van der Waals surface area (Å²) in [5.74, 6) is 0.281. The molecule has 1 saturated carbocycles. The number of aromatic nitrogens is 2. The molecule has 1 aromatic heterocycles. The minimum atomic E-state index is -4.32. The van der Waals surface area contributed by atoms with Crippen LogP contribution in [0.25, 0.3) is 0 Å². The number of aryl methyl sites for hydroxylation is 1. The molecule has 14 heavy (non-hydrogen) atoms. The lowest BCUT2D eigenvalue weighted by Gasteiger charge is -2.25. The van der Waals surface area contributed by atoms with Crippen molar-refractivity contribution in [1.82, 2.24) is 9.78 Å². The molecule has 0 radical (unpaired) electrons. The fourth-order valence-electron chi connectivity index (χ4n) is 1.71. The zero-order valence-corrected chi connectivity index (χ0v) is 7.80. The summed E-state index contributed by atoms with van der Waals surface area (Å²) in [7, 11) is 1.57. The molecule has 0 N–H and O–H groups in total. The maximum atomic E-state index is 12.3. The van der Waals surface area contributed by atoms with Gasteiger partial charge in [-0.1, -0.05) is 6.42 Å². The van der Waals surface area contributed by atoms with Gasteiger partial charge in [0.15, 0.2) is 5.69 Å². The van der Waals surface area contributed by atoms with Crippen molar-refractivity contribution in [1.29, 1.82) is 0 Å². The second-order valence-corrected chi connectivity index (χ2v) is 3.70. The molecule has 2 rings (SSSR count). The number of hydrogen-bond donors (Lipinski definition) is 0. The van der Waals surface area contributed by atoms with Crippen molar-refractivity contribution in [3.8, 4) is 0 Å². The van der Waals surface area contributed by atoms with E-state index in [-0.39, 0.29) is 5.92 Å². The first-order chi connectivity index (χ1) is 6.48. The summed E-state index contributed by atoms with van der Waals surface area (Å²) in [5.41, 5.74) is -0.0644. The Morgan fingerprint density at radius 2 is 2.07 bits per heavy atom. The largest absolute Gasteiger partial charge is 0.435 e. The highest BCUT2D eigenvalue weighted by Gasteiger charge is 2.36. The summed E-state index contributed by atoms with van der Waals surface area (Å²) in [6.07, 6.45) is -1.25. The lowest BCUT2D eigenvalue weighted by Crippen LogP contribution is -2.12. The van der Waals surface area contributed by atoms with Gasteiger partial charge in [-0.3, -0.25) is 4.68 Å². The normalized spacial score (nSPS) is 18.3. The van der Waals surface area contributed by atoms with Crippen LogP contribution < -0.4 is 0 Å². The summed E-state index contributed by atoms with van der Waals surface area (Å²) < 4.78 is 38.2. The Kier molecular flexibility index (Phi) is 2.05. The molecule has 0 spiro atoms. The van der Waals surface area contributed by atoms with Crippen LogP contribution in [0.5, 0.6) is 0 Å². The van der Waals surface area contributed by atoms with Crippen molar-refractivity contribution in [2.75, 3.05) is 0 Å². The standard InChI is InChI=1S/C9H11F3N2/c1-14-7(6-3-2-4-6)5-8(13-14)9(10,11)12/h5-6H,2-4H2,1H3. The Morgan fingerprint density at radius 1 is 1.43 bits per heavy atom. The van der Waals surface area contributed by atoms with Crippen LogP contribution in [0.4, 0.5) is 13.2 Å². The topological polar surface area (TPSA) is 17.8 Å². The summed E-state index contributed by atoms with van der Waals surface area (Å²) >= 11 is 0. The zero-order chi connectivity index (χ0) is 10.3. The maximum absolute atomic E-state index is 12.3. The lowest BCUT2D eigenvalue weighted by molar-refractivity contribution is -0.141. The van der Waals surface area contributed by atoms with E-state index in [4.69, 9.17) is 0 Å². The lowest BCUT2D eigenvalue weighted by atomic mass is 9.83. The predicted molar refractivity (Wildman–Crippen MR) is 44.8 cm³/mol. The average Bonchev–Trinajstić information content (AvgIpc) is 2.28. The number of alkyl halides is 3. The first-order valence-electron chi connectivity index (χ1n) is 4.59. The molecule has 0 atom stereocenters. The van der Waals surface area contributed by atoms with Crippen molar-refractivity contribution in [2.45, 2.75) is 31.4 Å². The van der Waals surface area contributed by atoms with Crippen LogP contribution in [0, 0.1) is 0 Å². The molecule has 1 aliphatic rings. The van der Waals surface area contributed by atoms with Gasteiger partial charge in [0.1, 0.15) is 0 Å². The minimum Gasteiger partial charge on any atom is -0.272 e. The quantitative estimate of drug-likeness (QED) is 0.687. The van der Waals surface area contributed by atoms with Gasteiger partial charge in [-0.15, -0.1) is 0 Å². The average molecular weight is 204 g/mol. The summed E-state index contributed by atoms with van der Waals surface area (Å²) in [6.45, 7) is 0. The Morgan fingerprint density at radius 3 is 2.43 bits per heavy atom. The SMILES string of the molecule is Cn1nc(C(F)(F)F)cc1C1CCC1. The molecule has 0 amide bonds. The van der Waals surface area contributed by atoms with Gasteiger partial charge in [0.05, 0.1) is 0 Å². The van der Waals surface area contributed by atoms with Crippen molar-refractivity contribution in [3.05, 3.63) is 17.5 Å². The number of hydrogen-bond acceptors (Lipinski definition) is 1. The molecule has 78 valence electrons. The Labute approximate surface area is 79.7 Å². The van der Waals surface area contributed by atoms with Crippen LogP contribution in [0.1, 0.15) is 36.6 Å². The highest BCUT2D eigenvalue weighted by Crippen LogP contribution is 2.38. The van der Waals surface area contributed by atoms with E-state index in [9.17, 15) is 13.2 Å². The molecular formula is C9H11F3N2. The van der Waals surface area contributed by atoms with Gasteiger partial charge in [-0.25, -0.2) is 0 Å². The van der Waals surface area contributed by atoms with Crippen LogP contribution in [-0.2, 0) is 13.2 Å². The molecule has 2 nitrogen and oxygen atoms in total. The Hall–Kier alpha value is -1.00. The molecule has 0 aliphatic heterocycles. The van der Waals surface area contributed by atoms with Crippen molar-refractivity contribution >= 4 is 0 Å². The van der Waals surface area contributed by atoms with E-state index in [1.807, 2.05) is 0 Å². The number of halogens is 3. The van der Waals surface area contributed by atoms with Crippen LogP contribution in [-0.4, -0.2) is 9.78 Å². The number of nitrogens with zero attached hydrogens (tertiary/aromatic N) is 2. The van der Waals surface area contributed by atoms with E-state index in [0.29, 0.717) is 5.69 Å². The van der Waals surface area contributed by atoms with E-state index < -0.39 is 11.9 Å². The van der Waals surface area contributed by atoms with E-state index in [1.165, 1.54) is 10.7 Å². The number of rotatable bonds is 1. The Balaban J connectivity index is 2.29. The summed E-state index contributed by atoms with van der Waals surface area (Å²) in [6, 6.07) is 1.17. The smallest absolute Gasteiger partial charge is 0.272 e. The van der Waals surface area contributed by atoms with E-state index in [1.54, 1.807) is 7.05 Å². The van der Waals surface area contributed by atoms with E-state index in [2.05, 4.69) is 5.10 Å². The third-order valence-electron chi connectivity index (χ3n) is 2.73. The first kappa shape index (κ1) is 9.55. The molecule has 1 heterocycles. The van der Waals surface area contributed by atoms with Crippen LogP contribution >= 0.6 is 0 Å². The molecule has 0 bridgehead atoms. The molecule has 0 unspecified atom stereocenters. The van der Waals surface area contributed by atoms with Gasteiger partial charge in [0.2, 0.25) is 0 Å².